The minimum absolute atomic E-state index is 0.00658. The van der Waals surface area contributed by atoms with Crippen molar-refractivity contribution in [3.63, 3.8) is 0 Å². The smallest absolute Gasteiger partial charge is 0.220 e. The molecule has 0 saturated carbocycles. The Morgan fingerprint density at radius 2 is 1.89 bits per heavy atom. The van der Waals surface area contributed by atoms with Gasteiger partial charge in [0.1, 0.15) is 6.54 Å². The molecule has 1 rings (SSSR count). The van der Waals surface area contributed by atoms with Crippen LogP contribution in [0.5, 0.6) is 0 Å². The molecule has 18 heavy (non-hydrogen) atoms. The number of amides is 1. The minimum atomic E-state index is -0.523. The number of carbonyl (C=O) groups is 1. The lowest BCUT2D eigenvalue weighted by atomic mass is 10.1. The Hall–Kier alpha value is -1.42. The maximum Gasteiger partial charge on any atom is 0.220 e. The van der Waals surface area contributed by atoms with Crippen molar-refractivity contribution < 1.29 is 14.5 Å². The van der Waals surface area contributed by atoms with Crippen LogP contribution in [0, 0.1) is 0 Å². The molecule has 0 fully saturated rings. The van der Waals surface area contributed by atoms with Crippen LogP contribution in [0.4, 0.5) is 0 Å². The summed E-state index contributed by atoms with van der Waals surface area (Å²) < 4.78 is 2.11. The largest absolute Gasteiger partial charge is 0.394 e. The number of pyridine rings is 1. The van der Waals surface area contributed by atoms with E-state index in [0.29, 0.717) is 6.42 Å². The summed E-state index contributed by atoms with van der Waals surface area (Å²) in [5, 5.41) is 11.9. The Balaban J connectivity index is 2.17. The van der Waals surface area contributed by atoms with Gasteiger partial charge in [-0.1, -0.05) is 6.07 Å². The third-order valence-corrected chi connectivity index (χ3v) is 2.72. The van der Waals surface area contributed by atoms with Gasteiger partial charge in [-0.2, -0.15) is 0 Å². The molecule has 1 aromatic heterocycles. The zero-order valence-corrected chi connectivity index (χ0v) is 11.2. The van der Waals surface area contributed by atoms with Crippen LogP contribution in [-0.4, -0.2) is 23.2 Å². The first kappa shape index (κ1) is 14.6. The molecule has 4 nitrogen and oxygen atoms in total. The molecule has 100 valence electrons. The molecule has 1 aromatic rings. The van der Waals surface area contributed by atoms with Gasteiger partial charge in [-0.25, -0.2) is 4.57 Å². The molecule has 0 radical (unpaired) electrons. The maximum atomic E-state index is 11.6. The highest BCUT2D eigenvalue weighted by Gasteiger charge is 2.18. The van der Waals surface area contributed by atoms with Crippen molar-refractivity contribution in [2.75, 3.05) is 6.61 Å². The van der Waals surface area contributed by atoms with Crippen molar-refractivity contribution >= 4 is 5.91 Å². The van der Waals surface area contributed by atoms with E-state index in [0.717, 1.165) is 19.4 Å². The van der Waals surface area contributed by atoms with Gasteiger partial charge in [0.05, 0.1) is 12.1 Å². The maximum absolute atomic E-state index is 11.6. The number of carbonyl (C=O) groups excluding carboxylic acids is 1. The summed E-state index contributed by atoms with van der Waals surface area (Å²) >= 11 is 0. The fourth-order valence-electron chi connectivity index (χ4n) is 1.64. The van der Waals surface area contributed by atoms with Crippen LogP contribution >= 0.6 is 0 Å². The number of aryl methyl sites for hydroxylation is 1. The Morgan fingerprint density at radius 1 is 1.22 bits per heavy atom. The first-order valence-corrected chi connectivity index (χ1v) is 6.39. The number of hydrogen-bond donors (Lipinski definition) is 2. The monoisotopic (exact) mass is 251 g/mol. The van der Waals surface area contributed by atoms with E-state index in [2.05, 4.69) is 9.88 Å². The van der Waals surface area contributed by atoms with E-state index in [4.69, 9.17) is 5.11 Å². The van der Waals surface area contributed by atoms with Crippen molar-refractivity contribution in [1.29, 1.82) is 0 Å². The topological polar surface area (TPSA) is 53.2 Å². The molecule has 2 N–H and O–H groups in total. The lowest BCUT2D eigenvalue weighted by Gasteiger charge is -2.23. The summed E-state index contributed by atoms with van der Waals surface area (Å²) in [7, 11) is 0. The first-order chi connectivity index (χ1) is 8.53. The van der Waals surface area contributed by atoms with Gasteiger partial charge in [0.15, 0.2) is 12.4 Å². The van der Waals surface area contributed by atoms with E-state index in [9.17, 15) is 4.79 Å². The molecule has 0 spiro atoms. The highest BCUT2D eigenvalue weighted by atomic mass is 16.3. The summed E-state index contributed by atoms with van der Waals surface area (Å²) in [5.41, 5.74) is -0.523. The summed E-state index contributed by atoms with van der Waals surface area (Å²) in [5.74, 6) is 0.00658. The molecule has 0 aliphatic rings. The number of nitrogens with one attached hydrogen (secondary N) is 1. The van der Waals surface area contributed by atoms with Gasteiger partial charge in [0.25, 0.3) is 0 Å². The van der Waals surface area contributed by atoms with Gasteiger partial charge in [0.2, 0.25) is 5.91 Å². The number of aromatic nitrogens is 1. The number of nitrogens with zero attached hydrogens (tertiary/aromatic N) is 1. The molecule has 4 heteroatoms. The van der Waals surface area contributed by atoms with E-state index in [-0.39, 0.29) is 12.5 Å². The normalized spacial score (nSPS) is 11.3. The van der Waals surface area contributed by atoms with Crippen LogP contribution in [0.3, 0.4) is 0 Å². The molecule has 0 aliphatic carbocycles. The van der Waals surface area contributed by atoms with Crippen LogP contribution < -0.4 is 9.88 Å². The lowest BCUT2D eigenvalue weighted by molar-refractivity contribution is -0.697. The van der Waals surface area contributed by atoms with Crippen molar-refractivity contribution in [3.8, 4) is 0 Å². The third kappa shape index (κ3) is 5.77. The van der Waals surface area contributed by atoms with E-state index in [1.807, 2.05) is 44.4 Å². The van der Waals surface area contributed by atoms with Gasteiger partial charge in [0, 0.05) is 25.0 Å². The van der Waals surface area contributed by atoms with E-state index < -0.39 is 5.54 Å². The Morgan fingerprint density at radius 3 is 2.50 bits per heavy atom. The van der Waals surface area contributed by atoms with Gasteiger partial charge in [-0.15, -0.1) is 0 Å². The van der Waals surface area contributed by atoms with Crippen molar-refractivity contribution in [1.82, 2.24) is 5.32 Å². The SMILES string of the molecule is CC(C)(CO)NC(=O)CCCC[n+]1ccccc1. The van der Waals surface area contributed by atoms with Crippen molar-refractivity contribution in [2.24, 2.45) is 0 Å². The average molecular weight is 251 g/mol. The second-order valence-electron chi connectivity index (χ2n) is 5.16. The second kappa shape index (κ2) is 7.11. The summed E-state index contributed by atoms with van der Waals surface area (Å²) in [4.78, 5) is 11.6. The van der Waals surface area contributed by atoms with E-state index >= 15 is 0 Å². The predicted octanol–water partition coefficient (Wildman–Crippen LogP) is 1.03. The van der Waals surface area contributed by atoms with Gasteiger partial charge < -0.3 is 10.4 Å². The zero-order chi connectivity index (χ0) is 13.4. The third-order valence-electron chi connectivity index (χ3n) is 2.72. The van der Waals surface area contributed by atoms with Crippen molar-refractivity contribution in [3.05, 3.63) is 30.6 Å². The van der Waals surface area contributed by atoms with Crippen LogP contribution in [0.15, 0.2) is 30.6 Å². The zero-order valence-electron chi connectivity index (χ0n) is 11.2. The number of hydrogen-bond acceptors (Lipinski definition) is 2. The van der Waals surface area contributed by atoms with Crippen LogP contribution in [0.25, 0.3) is 0 Å². The number of aliphatic hydroxyl groups excluding tert-OH is 1. The standard InChI is InChI=1S/C14H22N2O2/c1-14(2,12-17)15-13(18)8-4-7-11-16-9-5-3-6-10-16/h3,5-6,9-10,17H,4,7-8,11-12H2,1-2H3/p+1. The van der Waals surface area contributed by atoms with Gasteiger partial charge >= 0.3 is 0 Å². The quantitative estimate of drug-likeness (QED) is 0.562. The minimum Gasteiger partial charge on any atom is -0.394 e. The number of aliphatic hydroxyl groups is 1. The summed E-state index contributed by atoms with van der Waals surface area (Å²) in [6.07, 6.45) is 6.39. The molecular formula is C14H23N2O2+. The number of rotatable bonds is 7. The molecule has 0 saturated heterocycles. The van der Waals surface area contributed by atoms with Gasteiger partial charge in [-0.05, 0) is 20.3 Å². The molecule has 1 amide bonds. The fraction of sp³-hybridized carbons (Fsp3) is 0.571. The summed E-state index contributed by atoms with van der Waals surface area (Å²) in [6, 6.07) is 5.98. The molecule has 0 bridgehead atoms. The van der Waals surface area contributed by atoms with Crippen LogP contribution in [0.2, 0.25) is 0 Å². The Kier molecular flexibility index (Phi) is 5.78. The lowest BCUT2D eigenvalue weighted by Crippen LogP contribution is -2.46. The molecule has 1 heterocycles. The van der Waals surface area contributed by atoms with E-state index in [1.54, 1.807) is 0 Å². The Bertz CT molecular complexity index is 363. The number of unbranched alkanes of at least 4 members (excludes halogenated alkanes) is 1. The summed E-state index contributed by atoms with van der Waals surface area (Å²) in [6.45, 7) is 4.51. The molecule has 0 unspecified atom stereocenters. The molecule has 0 aliphatic heterocycles. The average Bonchev–Trinajstić information content (AvgIpc) is 2.35. The molecule has 0 atom stereocenters. The highest BCUT2D eigenvalue weighted by molar-refractivity contribution is 5.76. The first-order valence-electron chi connectivity index (χ1n) is 6.39. The highest BCUT2D eigenvalue weighted by Crippen LogP contribution is 2.02. The molecule has 0 aromatic carbocycles. The van der Waals surface area contributed by atoms with Gasteiger partial charge in [-0.3, -0.25) is 4.79 Å². The van der Waals surface area contributed by atoms with Crippen LogP contribution in [-0.2, 0) is 11.3 Å². The fourth-order valence-corrected chi connectivity index (χ4v) is 1.64. The predicted molar refractivity (Wildman–Crippen MR) is 69.8 cm³/mol. The van der Waals surface area contributed by atoms with Crippen LogP contribution in [0.1, 0.15) is 33.1 Å². The van der Waals surface area contributed by atoms with Crippen molar-refractivity contribution in [2.45, 2.75) is 45.2 Å². The molecular weight excluding hydrogens is 228 g/mol. The Labute approximate surface area is 109 Å². The second-order valence-corrected chi connectivity index (χ2v) is 5.16. The van der Waals surface area contributed by atoms with E-state index in [1.165, 1.54) is 0 Å².